The van der Waals surface area contributed by atoms with E-state index in [0.29, 0.717) is 22.2 Å². The Kier molecular flexibility index (Phi) is 4.02. The minimum atomic E-state index is -0.228. The molecule has 0 aliphatic carbocycles. The van der Waals surface area contributed by atoms with Gasteiger partial charge in [0.2, 0.25) is 0 Å². The molecule has 0 saturated heterocycles. The van der Waals surface area contributed by atoms with Gasteiger partial charge in [-0.1, -0.05) is 52.8 Å². The van der Waals surface area contributed by atoms with Crippen LogP contribution < -0.4 is 5.32 Å². The molecule has 0 bridgehead atoms. The highest BCUT2D eigenvalue weighted by molar-refractivity contribution is 9.11. The van der Waals surface area contributed by atoms with Gasteiger partial charge in [0.25, 0.3) is 5.91 Å². The lowest BCUT2D eigenvalue weighted by Crippen LogP contribution is -2.24. The summed E-state index contributed by atoms with van der Waals surface area (Å²) in [5.74, 6) is -0.228. The number of aromatic nitrogens is 3. The van der Waals surface area contributed by atoms with Crippen LogP contribution in [0, 0.1) is 0 Å². The lowest BCUT2D eigenvalue weighted by atomic mass is 10.1. The largest absolute Gasteiger partial charge is 0.347 e. The fourth-order valence-electron chi connectivity index (χ4n) is 2.15. The zero-order valence-corrected chi connectivity index (χ0v) is 13.2. The van der Waals surface area contributed by atoms with E-state index < -0.39 is 0 Å². The summed E-state index contributed by atoms with van der Waals surface area (Å²) in [5.41, 5.74) is 2.86. The number of nitrogens with zero attached hydrogens (tertiary/aromatic N) is 3. The highest BCUT2D eigenvalue weighted by Crippen LogP contribution is 2.20. The highest BCUT2D eigenvalue weighted by Gasteiger charge is 2.15. The summed E-state index contributed by atoms with van der Waals surface area (Å²) in [4.78, 5) is 16.5. The van der Waals surface area contributed by atoms with Crippen molar-refractivity contribution in [2.45, 2.75) is 0 Å². The minimum absolute atomic E-state index is 0.228. The van der Waals surface area contributed by atoms with Gasteiger partial charge < -0.3 is 5.32 Å². The van der Waals surface area contributed by atoms with Gasteiger partial charge in [-0.2, -0.15) is 5.10 Å². The molecule has 0 aliphatic heterocycles. The summed E-state index contributed by atoms with van der Waals surface area (Å²) in [5, 5.41) is 7.06. The molecule has 1 N–H and O–H groups in total. The molecule has 0 atom stereocenters. The van der Waals surface area contributed by atoms with E-state index in [2.05, 4.69) is 37.9 Å². The SMILES string of the molecule is C=C(Br)CNC(=O)c1cnn2c(-c3ccccc3)ccnc12. The molecular formula is C16H13BrN4O. The molecule has 1 amide bonds. The summed E-state index contributed by atoms with van der Waals surface area (Å²) in [6, 6.07) is 11.7. The lowest BCUT2D eigenvalue weighted by molar-refractivity contribution is 0.0959. The molecule has 0 radical (unpaired) electrons. The van der Waals surface area contributed by atoms with E-state index >= 15 is 0 Å². The van der Waals surface area contributed by atoms with Gasteiger partial charge in [-0.05, 0) is 6.07 Å². The normalized spacial score (nSPS) is 10.6. The van der Waals surface area contributed by atoms with E-state index in [0.717, 1.165) is 11.3 Å². The van der Waals surface area contributed by atoms with Crippen LogP contribution in [0.5, 0.6) is 0 Å². The standard InChI is InChI=1S/C16H13BrN4O/c1-11(17)9-19-16(22)13-10-20-21-14(7-8-18-15(13)21)12-5-3-2-4-6-12/h2-8,10H,1,9H2,(H,19,22). The molecule has 1 aromatic carbocycles. The third-order valence-electron chi connectivity index (χ3n) is 3.16. The molecule has 6 heteroatoms. The molecule has 0 saturated carbocycles. The molecule has 0 fully saturated rings. The summed E-state index contributed by atoms with van der Waals surface area (Å²) in [7, 11) is 0. The third kappa shape index (κ3) is 2.78. The lowest BCUT2D eigenvalue weighted by Gasteiger charge is -2.05. The number of carbonyl (C=O) groups excluding carboxylic acids is 1. The Balaban J connectivity index is 2.02. The van der Waals surface area contributed by atoms with E-state index in [4.69, 9.17) is 0 Å². The highest BCUT2D eigenvalue weighted by atomic mass is 79.9. The molecule has 3 rings (SSSR count). The summed E-state index contributed by atoms with van der Waals surface area (Å²) in [6.07, 6.45) is 3.21. The van der Waals surface area contributed by atoms with Gasteiger partial charge in [-0.3, -0.25) is 4.79 Å². The number of hydrogen-bond donors (Lipinski definition) is 1. The fourth-order valence-corrected chi connectivity index (χ4v) is 2.29. The quantitative estimate of drug-likeness (QED) is 0.781. The second kappa shape index (κ2) is 6.11. The van der Waals surface area contributed by atoms with Gasteiger partial charge in [-0.25, -0.2) is 9.50 Å². The molecule has 3 aromatic rings. The van der Waals surface area contributed by atoms with Crippen molar-refractivity contribution in [1.29, 1.82) is 0 Å². The summed E-state index contributed by atoms with van der Waals surface area (Å²) >= 11 is 3.21. The van der Waals surface area contributed by atoms with Crippen molar-refractivity contribution in [2.75, 3.05) is 6.54 Å². The summed E-state index contributed by atoms with van der Waals surface area (Å²) in [6.45, 7) is 4.05. The minimum Gasteiger partial charge on any atom is -0.347 e. The maximum absolute atomic E-state index is 12.2. The van der Waals surface area contributed by atoms with Crippen LogP contribution in [0.2, 0.25) is 0 Å². The predicted octanol–water partition coefficient (Wildman–Crippen LogP) is 3.03. The average Bonchev–Trinajstić information content (AvgIpc) is 2.97. The Morgan fingerprint density at radius 3 is 2.77 bits per heavy atom. The van der Waals surface area contributed by atoms with E-state index in [9.17, 15) is 4.79 Å². The Labute approximate surface area is 135 Å². The van der Waals surface area contributed by atoms with Gasteiger partial charge in [0, 0.05) is 22.8 Å². The van der Waals surface area contributed by atoms with E-state index in [1.165, 1.54) is 6.20 Å². The zero-order chi connectivity index (χ0) is 15.5. The third-order valence-corrected chi connectivity index (χ3v) is 3.44. The van der Waals surface area contributed by atoms with E-state index in [-0.39, 0.29) is 5.91 Å². The number of halogens is 1. The fraction of sp³-hybridized carbons (Fsp3) is 0.0625. The van der Waals surface area contributed by atoms with E-state index in [1.807, 2.05) is 36.4 Å². The number of rotatable bonds is 4. The van der Waals surface area contributed by atoms with Gasteiger partial charge in [0.15, 0.2) is 5.65 Å². The maximum Gasteiger partial charge on any atom is 0.257 e. The second-order valence-corrected chi connectivity index (χ2v) is 5.81. The number of carbonyl (C=O) groups is 1. The Bertz CT molecular complexity index is 842. The van der Waals surface area contributed by atoms with E-state index in [1.54, 1.807) is 10.7 Å². The Hall–Kier alpha value is -2.47. The molecule has 0 aliphatic rings. The van der Waals surface area contributed by atoms with Gasteiger partial charge >= 0.3 is 0 Å². The average molecular weight is 357 g/mol. The van der Waals surface area contributed by atoms with Gasteiger partial charge in [0.1, 0.15) is 5.56 Å². The summed E-state index contributed by atoms with van der Waals surface area (Å²) < 4.78 is 2.38. The second-order valence-electron chi connectivity index (χ2n) is 4.69. The van der Waals surface area contributed by atoms with Crippen molar-refractivity contribution in [3.63, 3.8) is 0 Å². The van der Waals surface area contributed by atoms with Crippen molar-refractivity contribution in [1.82, 2.24) is 19.9 Å². The van der Waals surface area contributed by atoms with Crippen molar-refractivity contribution >= 4 is 27.5 Å². The Morgan fingerprint density at radius 1 is 1.27 bits per heavy atom. The maximum atomic E-state index is 12.2. The van der Waals surface area contributed by atoms with Crippen LogP contribution in [0.3, 0.4) is 0 Å². The number of benzene rings is 1. The molecule has 110 valence electrons. The van der Waals surface area contributed by atoms with Crippen molar-refractivity contribution in [3.8, 4) is 11.3 Å². The zero-order valence-electron chi connectivity index (χ0n) is 11.7. The topological polar surface area (TPSA) is 59.3 Å². The van der Waals surface area contributed by atoms with Gasteiger partial charge in [-0.15, -0.1) is 0 Å². The first-order chi connectivity index (χ1) is 10.7. The Morgan fingerprint density at radius 2 is 2.05 bits per heavy atom. The first-order valence-corrected chi connectivity index (χ1v) is 7.46. The molecule has 0 unspecified atom stereocenters. The first-order valence-electron chi connectivity index (χ1n) is 6.66. The number of nitrogens with one attached hydrogen (secondary N) is 1. The predicted molar refractivity (Wildman–Crippen MR) is 88.8 cm³/mol. The molecule has 2 heterocycles. The van der Waals surface area contributed by atoms with Crippen molar-refractivity contribution in [3.05, 3.63) is 65.4 Å². The molecular weight excluding hydrogens is 344 g/mol. The van der Waals surface area contributed by atoms with Crippen LogP contribution in [0.25, 0.3) is 16.9 Å². The number of hydrogen-bond acceptors (Lipinski definition) is 3. The smallest absolute Gasteiger partial charge is 0.257 e. The van der Waals surface area contributed by atoms with Crippen LogP contribution in [-0.4, -0.2) is 27.0 Å². The number of fused-ring (bicyclic) bond motifs is 1. The van der Waals surface area contributed by atoms with Crippen LogP contribution in [0.1, 0.15) is 10.4 Å². The van der Waals surface area contributed by atoms with Crippen LogP contribution in [0.15, 0.2) is 59.9 Å². The molecule has 5 nitrogen and oxygen atoms in total. The van der Waals surface area contributed by atoms with Crippen molar-refractivity contribution < 1.29 is 4.79 Å². The van der Waals surface area contributed by atoms with Crippen molar-refractivity contribution in [2.24, 2.45) is 0 Å². The molecule has 2 aromatic heterocycles. The monoisotopic (exact) mass is 356 g/mol. The van der Waals surface area contributed by atoms with Crippen LogP contribution in [0.4, 0.5) is 0 Å². The first kappa shape index (κ1) is 14.5. The molecule has 22 heavy (non-hydrogen) atoms. The number of amides is 1. The van der Waals surface area contributed by atoms with Crippen LogP contribution in [-0.2, 0) is 0 Å². The van der Waals surface area contributed by atoms with Crippen LogP contribution >= 0.6 is 15.9 Å². The van der Waals surface area contributed by atoms with Gasteiger partial charge in [0.05, 0.1) is 11.9 Å². The molecule has 0 spiro atoms.